The molecule has 4 N–H and O–H groups in total. The number of carbonyl (C=O) groups is 4. The summed E-state index contributed by atoms with van der Waals surface area (Å²) in [6, 6.07) is 6.06. The van der Waals surface area contributed by atoms with Crippen molar-refractivity contribution in [1.82, 2.24) is 40.4 Å². The van der Waals surface area contributed by atoms with Gasteiger partial charge in [-0.25, -0.2) is 19.6 Å². The monoisotopic (exact) mass is 852 g/mol. The molecule has 0 radical (unpaired) electrons. The van der Waals surface area contributed by atoms with Crippen LogP contribution in [0.4, 0.5) is 9.59 Å². The third-order valence-electron chi connectivity index (χ3n) is 12.6. The molecule has 2 aromatic heterocycles. The molecule has 6 atom stereocenters. The predicted octanol–water partition coefficient (Wildman–Crippen LogP) is 6.27. The van der Waals surface area contributed by atoms with Crippen molar-refractivity contribution in [3.8, 4) is 45.1 Å². The van der Waals surface area contributed by atoms with Crippen LogP contribution in [0.15, 0.2) is 36.7 Å². The summed E-state index contributed by atoms with van der Waals surface area (Å²) < 4.78 is 28.0. The van der Waals surface area contributed by atoms with Gasteiger partial charge in [-0.05, 0) is 62.3 Å². The zero-order valence-electron chi connectivity index (χ0n) is 36.5. The van der Waals surface area contributed by atoms with Gasteiger partial charge in [-0.2, -0.15) is 0 Å². The number of aromatic amines is 2. The number of hydrogen-bond donors (Lipinski definition) is 4. The molecular weight excluding hydrogens is 797 g/mol. The Bertz CT molecular complexity index is 2310. The lowest BCUT2D eigenvalue weighted by Gasteiger charge is -2.33. The van der Waals surface area contributed by atoms with Crippen molar-refractivity contribution in [2.24, 2.45) is 17.8 Å². The van der Waals surface area contributed by atoms with Crippen LogP contribution in [-0.2, 0) is 37.0 Å². The fourth-order valence-corrected chi connectivity index (χ4v) is 9.44. The second kappa shape index (κ2) is 17.3. The molecule has 2 aromatic carbocycles. The number of amides is 4. The first-order valence-corrected chi connectivity index (χ1v) is 21.3. The number of alkyl carbamates (subject to hydrolysis) is 2. The van der Waals surface area contributed by atoms with Crippen LogP contribution in [0, 0.1) is 17.8 Å². The molecule has 0 bridgehead atoms. The van der Waals surface area contributed by atoms with Gasteiger partial charge in [0.2, 0.25) is 11.8 Å². The van der Waals surface area contributed by atoms with Gasteiger partial charge in [-0.15, -0.1) is 0 Å². The topological polar surface area (TPSA) is 202 Å². The molecule has 4 aromatic rings. The summed E-state index contributed by atoms with van der Waals surface area (Å²) in [6.07, 6.45) is 4.46. The number of nitrogens with zero attached hydrogens (tertiary/aromatic N) is 4. The van der Waals surface area contributed by atoms with E-state index in [1.54, 1.807) is 24.4 Å². The summed E-state index contributed by atoms with van der Waals surface area (Å²) in [6.45, 7) is 11.2. The SMILES string of the molecule is COC[C@H]1C[C@@H](c2ncc(-c3cc4c5c(c3)OCc3cc(-c6cnc([C@@H]7CC[C@H](C)N7C(=O)[C@@H](NC(=O)OC)C(C)C)[nH]6)cc(c3-5)OC4)[nH]2)N(C(=O)C(NC(=O)OC)C(C)C)C1. The van der Waals surface area contributed by atoms with Crippen molar-refractivity contribution in [3.05, 3.63) is 59.4 Å². The van der Waals surface area contributed by atoms with E-state index in [9.17, 15) is 19.2 Å². The van der Waals surface area contributed by atoms with E-state index < -0.39 is 24.3 Å². The minimum atomic E-state index is -0.765. The third kappa shape index (κ3) is 7.93. The summed E-state index contributed by atoms with van der Waals surface area (Å²) in [7, 11) is 4.22. The van der Waals surface area contributed by atoms with Crippen LogP contribution in [0.25, 0.3) is 33.6 Å². The summed E-state index contributed by atoms with van der Waals surface area (Å²) in [5.41, 5.74) is 7.28. The van der Waals surface area contributed by atoms with Gasteiger partial charge in [-0.1, -0.05) is 27.7 Å². The number of benzene rings is 2. The number of carbonyl (C=O) groups excluding carboxylic acids is 4. The lowest BCUT2D eigenvalue weighted by Crippen LogP contribution is -2.52. The second-order valence-corrected chi connectivity index (χ2v) is 17.4. The van der Waals surface area contributed by atoms with Crippen molar-refractivity contribution in [2.75, 3.05) is 34.5 Å². The Morgan fingerprint density at radius 3 is 1.77 bits per heavy atom. The van der Waals surface area contributed by atoms with E-state index in [1.165, 1.54) is 14.2 Å². The molecule has 4 aliphatic heterocycles. The predicted molar refractivity (Wildman–Crippen MR) is 227 cm³/mol. The van der Waals surface area contributed by atoms with Crippen LogP contribution in [0.5, 0.6) is 11.5 Å². The van der Waals surface area contributed by atoms with Gasteiger partial charge in [0.25, 0.3) is 0 Å². The molecule has 2 saturated heterocycles. The van der Waals surface area contributed by atoms with Crippen molar-refractivity contribution < 1.29 is 42.9 Å². The summed E-state index contributed by atoms with van der Waals surface area (Å²) in [4.78, 5) is 72.4. The first-order chi connectivity index (χ1) is 29.8. The minimum absolute atomic E-state index is 0.0337. The standard InChI is InChI=1S/C45H56N8O9/c1-22(2)38(50-44(56)59-7)42(54)52-18-25(19-58-6)11-33(52)41-47-17-31(49-41)27-13-29-21-61-34-14-26(12-28-20-62-35(15-27)37(29)36(28)34)30-16-46-40(48-30)32-10-9-24(5)53(32)43(55)39(23(3)4)51-45(57)60-8/h12-17,22-25,32-33,38-39H,9-11,18-21H2,1-8H3,(H,46,48)(H,47,49)(H,50,56)(H,51,57)/t24-,25-,32-,33-,38?,39-/m0/s1. The number of H-pyrrole nitrogens is 2. The molecule has 17 nitrogen and oxygen atoms in total. The highest BCUT2D eigenvalue weighted by Gasteiger charge is 2.43. The molecule has 4 aliphatic rings. The minimum Gasteiger partial charge on any atom is -0.488 e. The Balaban J connectivity index is 1.03. The van der Waals surface area contributed by atoms with Crippen LogP contribution in [0.3, 0.4) is 0 Å². The van der Waals surface area contributed by atoms with Gasteiger partial charge in [0.05, 0.1) is 56.7 Å². The summed E-state index contributed by atoms with van der Waals surface area (Å²) >= 11 is 0. The van der Waals surface area contributed by atoms with Crippen molar-refractivity contribution in [1.29, 1.82) is 0 Å². The second-order valence-electron chi connectivity index (χ2n) is 17.4. The van der Waals surface area contributed by atoms with Crippen LogP contribution < -0.4 is 20.1 Å². The maximum atomic E-state index is 14.0. The average Bonchev–Trinajstić information content (AvgIpc) is 4.09. The molecule has 1 unspecified atom stereocenters. The first-order valence-electron chi connectivity index (χ1n) is 21.3. The molecule has 8 rings (SSSR count). The van der Waals surface area contributed by atoms with E-state index in [1.807, 2.05) is 51.7 Å². The van der Waals surface area contributed by atoms with Crippen molar-refractivity contribution in [2.45, 2.75) is 97.3 Å². The van der Waals surface area contributed by atoms with E-state index in [0.29, 0.717) is 44.4 Å². The Kier molecular flexibility index (Phi) is 11.9. The number of imidazole rings is 2. The Hall–Kier alpha value is -6.10. The molecule has 0 saturated carbocycles. The number of likely N-dealkylation sites (tertiary alicyclic amines) is 2. The Morgan fingerprint density at radius 1 is 0.758 bits per heavy atom. The lowest BCUT2D eigenvalue weighted by atomic mass is 9.87. The molecular formula is C45H56N8O9. The van der Waals surface area contributed by atoms with Crippen LogP contribution in [0.1, 0.15) is 88.7 Å². The van der Waals surface area contributed by atoms with Gasteiger partial charge in [0.15, 0.2) is 0 Å². The highest BCUT2D eigenvalue weighted by molar-refractivity contribution is 5.89. The number of rotatable bonds is 12. The highest BCUT2D eigenvalue weighted by Crippen LogP contribution is 2.51. The summed E-state index contributed by atoms with van der Waals surface area (Å²) in [5.74, 6) is 2.25. The van der Waals surface area contributed by atoms with E-state index >= 15 is 0 Å². The van der Waals surface area contributed by atoms with E-state index in [4.69, 9.17) is 33.7 Å². The maximum absolute atomic E-state index is 14.0. The van der Waals surface area contributed by atoms with Gasteiger partial charge in [-0.3, -0.25) is 9.59 Å². The lowest BCUT2D eigenvalue weighted by molar-refractivity contribution is -0.137. The molecule has 0 spiro atoms. The largest absolute Gasteiger partial charge is 0.488 e. The Morgan fingerprint density at radius 2 is 1.27 bits per heavy atom. The van der Waals surface area contributed by atoms with Gasteiger partial charge >= 0.3 is 12.2 Å². The molecule has 2 fully saturated rings. The van der Waals surface area contributed by atoms with E-state index in [2.05, 4.69) is 32.7 Å². The average molecular weight is 853 g/mol. The number of nitrogens with one attached hydrogen (secondary N) is 4. The fourth-order valence-electron chi connectivity index (χ4n) is 9.44. The zero-order chi connectivity index (χ0) is 44.0. The van der Waals surface area contributed by atoms with Gasteiger partial charge < -0.3 is 54.1 Å². The van der Waals surface area contributed by atoms with Crippen LogP contribution in [-0.4, -0.2) is 106 Å². The van der Waals surface area contributed by atoms with Crippen LogP contribution >= 0.6 is 0 Å². The number of methoxy groups -OCH3 is 3. The maximum Gasteiger partial charge on any atom is 0.407 e. The molecule has 4 amide bonds. The molecule has 6 heterocycles. The molecule has 62 heavy (non-hydrogen) atoms. The molecule has 0 aliphatic carbocycles. The quantitative estimate of drug-likeness (QED) is 0.125. The highest BCUT2D eigenvalue weighted by atomic mass is 16.5. The van der Waals surface area contributed by atoms with E-state index in [-0.39, 0.29) is 47.7 Å². The zero-order valence-corrected chi connectivity index (χ0v) is 36.5. The normalized spacial score (nSPS) is 20.9. The first kappa shape index (κ1) is 42.6. The van der Waals surface area contributed by atoms with E-state index in [0.717, 1.165) is 69.1 Å². The number of ether oxygens (including phenoxy) is 5. The molecule has 17 heteroatoms. The smallest absolute Gasteiger partial charge is 0.407 e. The Labute approximate surface area is 360 Å². The van der Waals surface area contributed by atoms with Gasteiger partial charge in [0.1, 0.15) is 48.4 Å². The van der Waals surface area contributed by atoms with Gasteiger partial charge in [0, 0.05) is 59.0 Å². The van der Waals surface area contributed by atoms with Crippen molar-refractivity contribution in [3.63, 3.8) is 0 Å². The number of hydrogen-bond acceptors (Lipinski definition) is 11. The number of aromatic nitrogens is 4. The van der Waals surface area contributed by atoms with Crippen molar-refractivity contribution >= 4 is 24.0 Å². The summed E-state index contributed by atoms with van der Waals surface area (Å²) in [5, 5.41) is 5.44. The fraction of sp³-hybridized carbons (Fsp3) is 0.511. The molecule has 330 valence electrons. The third-order valence-corrected chi connectivity index (χ3v) is 12.6. The van der Waals surface area contributed by atoms with Crippen LogP contribution in [0.2, 0.25) is 0 Å².